The van der Waals surface area contributed by atoms with Gasteiger partial charge in [0.2, 0.25) is 10.0 Å². The van der Waals surface area contributed by atoms with Crippen molar-refractivity contribution in [2.75, 3.05) is 12.9 Å². The van der Waals surface area contributed by atoms with E-state index in [2.05, 4.69) is 9.46 Å². The van der Waals surface area contributed by atoms with Gasteiger partial charge < -0.3 is 4.74 Å². The highest BCUT2D eigenvalue weighted by Crippen LogP contribution is 2.19. The van der Waals surface area contributed by atoms with Crippen LogP contribution in [0.2, 0.25) is 0 Å². The van der Waals surface area contributed by atoms with Crippen LogP contribution in [0.1, 0.15) is 47.5 Å². The molecule has 1 atom stereocenters. The van der Waals surface area contributed by atoms with Crippen molar-refractivity contribution in [3.8, 4) is 0 Å². The first-order valence-electron chi connectivity index (χ1n) is 6.54. The lowest BCUT2D eigenvalue weighted by molar-refractivity contribution is -0.143. The van der Waals surface area contributed by atoms with Crippen LogP contribution in [0, 0.1) is 11.3 Å². The van der Waals surface area contributed by atoms with Gasteiger partial charge in [-0.15, -0.1) is 0 Å². The fourth-order valence-electron chi connectivity index (χ4n) is 1.52. The van der Waals surface area contributed by atoms with Gasteiger partial charge in [0.25, 0.3) is 0 Å². The van der Waals surface area contributed by atoms with Crippen molar-refractivity contribution in [3.05, 3.63) is 0 Å². The number of hydrogen-bond acceptors (Lipinski definition) is 4. The van der Waals surface area contributed by atoms with E-state index in [0.717, 1.165) is 0 Å². The number of carbonyl (C=O) groups is 1. The Kier molecular flexibility index (Phi) is 7.00. The molecule has 0 aromatic heterocycles. The summed E-state index contributed by atoms with van der Waals surface area (Å²) in [5, 5.41) is 0. The second-order valence-electron chi connectivity index (χ2n) is 6.45. The predicted octanol–water partition coefficient (Wildman–Crippen LogP) is 1.93. The summed E-state index contributed by atoms with van der Waals surface area (Å²) in [7, 11) is -2.20. The van der Waals surface area contributed by atoms with Gasteiger partial charge in [0.15, 0.2) is 0 Å². The van der Waals surface area contributed by atoms with Gasteiger partial charge in [0.1, 0.15) is 6.04 Å². The molecule has 0 rings (SSSR count). The SMILES string of the molecule is COC(=O)C(CC(C)C)NS(=O)(=O)CCC(C)(C)C. The van der Waals surface area contributed by atoms with Crippen molar-refractivity contribution < 1.29 is 17.9 Å². The minimum atomic E-state index is -3.47. The summed E-state index contributed by atoms with van der Waals surface area (Å²) in [5.41, 5.74) is -0.0619. The van der Waals surface area contributed by atoms with Gasteiger partial charge in [0.05, 0.1) is 12.9 Å². The fraction of sp³-hybridized carbons (Fsp3) is 0.923. The van der Waals surface area contributed by atoms with E-state index in [9.17, 15) is 13.2 Å². The first kappa shape index (κ1) is 18.4. The number of hydrogen-bond donors (Lipinski definition) is 1. The average Bonchev–Trinajstić information content (AvgIpc) is 2.23. The molecule has 0 aliphatic rings. The van der Waals surface area contributed by atoms with Crippen LogP contribution in [0.5, 0.6) is 0 Å². The predicted molar refractivity (Wildman–Crippen MR) is 76.3 cm³/mol. The summed E-state index contributed by atoms with van der Waals surface area (Å²) in [5.74, 6) is -0.315. The second kappa shape index (κ2) is 7.24. The van der Waals surface area contributed by atoms with Crippen molar-refractivity contribution in [1.29, 1.82) is 0 Å². The van der Waals surface area contributed by atoms with Gasteiger partial charge in [-0.05, 0) is 24.2 Å². The lowest BCUT2D eigenvalue weighted by Crippen LogP contribution is -2.43. The van der Waals surface area contributed by atoms with Gasteiger partial charge in [-0.25, -0.2) is 13.1 Å². The third-order valence-electron chi connectivity index (χ3n) is 2.64. The highest BCUT2D eigenvalue weighted by atomic mass is 32.2. The maximum atomic E-state index is 12.0. The Balaban J connectivity index is 4.68. The minimum absolute atomic E-state index is 0.0160. The van der Waals surface area contributed by atoms with E-state index >= 15 is 0 Å². The molecule has 0 bridgehead atoms. The molecule has 0 saturated carbocycles. The molecule has 0 aromatic rings. The Morgan fingerprint density at radius 2 is 1.79 bits per heavy atom. The third kappa shape index (κ3) is 8.99. The smallest absolute Gasteiger partial charge is 0.323 e. The van der Waals surface area contributed by atoms with Gasteiger partial charge in [0, 0.05) is 0 Å². The Morgan fingerprint density at radius 3 is 2.16 bits per heavy atom. The molecule has 5 nitrogen and oxygen atoms in total. The maximum Gasteiger partial charge on any atom is 0.323 e. The molecule has 1 N–H and O–H groups in total. The van der Waals surface area contributed by atoms with Crippen LogP contribution in [0.25, 0.3) is 0 Å². The van der Waals surface area contributed by atoms with Gasteiger partial charge in [-0.1, -0.05) is 34.6 Å². The van der Waals surface area contributed by atoms with Crippen LogP contribution in [0.3, 0.4) is 0 Å². The molecule has 1 unspecified atom stereocenters. The van der Waals surface area contributed by atoms with E-state index in [1.54, 1.807) is 0 Å². The molecule has 0 aliphatic carbocycles. The molecule has 114 valence electrons. The standard InChI is InChI=1S/C13H27NO4S/c1-10(2)9-11(12(15)18-6)14-19(16,17)8-7-13(3,4)5/h10-11,14H,7-9H2,1-6H3. The summed E-state index contributed by atoms with van der Waals surface area (Å²) in [4.78, 5) is 11.6. The molecule has 6 heteroatoms. The van der Waals surface area contributed by atoms with Crippen LogP contribution in [0.4, 0.5) is 0 Å². The average molecular weight is 293 g/mol. The molecule has 0 amide bonds. The van der Waals surface area contributed by atoms with Crippen molar-refractivity contribution >= 4 is 16.0 Å². The first-order valence-corrected chi connectivity index (χ1v) is 8.20. The van der Waals surface area contributed by atoms with Gasteiger partial charge >= 0.3 is 5.97 Å². The number of carbonyl (C=O) groups excluding carboxylic acids is 1. The molecule has 19 heavy (non-hydrogen) atoms. The number of esters is 1. The number of ether oxygens (including phenoxy) is 1. The zero-order chi connectivity index (χ0) is 15.3. The lowest BCUT2D eigenvalue weighted by atomic mass is 9.94. The van der Waals surface area contributed by atoms with E-state index in [1.165, 1.54) is 7.11 Å². The van der Waals surface area contributed by atoms with Gasteiger partial charge in [-0.2, -0.15) is 0 Å². The highest BCUT2D eigenvalue weighted by Gasteiger charge is 2.26. The molecular formula is C13H27NO4S. The maximum absolute atomic E-state index is 12.0. The number of nitrogens with one attached hydrogen (secondary N) is 1. The molecule has 0 fully saturated rings. The molecular weight excluding hydrogens is 266 g/mol. The van der Waals surface area contributed by atoms with Crippen LogP contribution in [-0.4, -0.2) is 33.3 Å². The third-order valence-corrected chi connectivity index (χ3v) is 4.02. The van der Waals surface area contributed by atoms with Crippen molar-refractivity contribution in [3.63, 3.8) is 0 Å². The van der Waals surface area contributed by atoms with Crippen molar-refractivity contribution in [2.24, 2.45) is 11.3 Å². The van der Waals surface area contributed by atoms with E-state index < -0.39 is 22.0 Å². The van der Waals surface area contributed by atoms with Crippen molar-refractivity contribution in [1.82, 2.24) is 4.72 Å². The van der Waals surface area contributed by atoms with E-state index in [1.807, 2.05) is 34.6 Å². The summed E-state index contributed by atoms with van der Waals surface area (Å²) in [6.07, 6.45) is 0.972. The van der Waals surface area contributed by atoms with Crippen LogP contribution in [-0.2, 0) is 19.6 Å². The first-order chi connectivity index (χ1) is 8.47. The highest BCUT2D eigenvalue weighted by molar-refractivity contribution is 7.89. The number of methoxy groups -OCH3 is 1. The second-order valence-corrected chi connectivity index (χ2v) is 8.33. The topological polar surface area (TPSA) is 72.5 Å². The molecule has 0 aliphatic heterocycles. The minimum Gasteiger partial charge on any atom is -0.468 e. The zero-order valence-corrected chi connectivity index (χ0v) is 13.6. The quantitative estimate of drug-likeness (QED) is 0.728. The zero-order valence-electron chi connectivity index (χ0n) is 12.8. The van der Waals surface area contributed by atoms with Gasteiger partial charge in [-0.3, -0.25) is 4.79 Å². The summed E-state index contributed by atoms with van der Waals surface area (Å²) >= 11 is 0. The molecule has 0 heterocycles. The summed E-state index contributed by atoms with van der Waals surface area (Å²) in [6, 6.07) is -0.796. The normalized spacial score (nSPS) is 14.5. The lowest BCUT2D eigenvalue weighted by Gasteiger charge is -2.21. The largest absolute Gasteiger partial charge is 0.468 e. The van der Waals surface area contributed by atoms with E-state index in [4.69, 9.17) is 0 Å². The van der Waals surface area contributed by atoms with E-state index in [-0.39, 0.29) is 17.1 Å². The number of sulfonamides is 1. The number of rotatable bonds is 7. The Morgan fingerprint density at radius 1 is 1.26 bits per heavy atom. The molecule has 0 spiro atoms. The van der Waals surface area contributed by atoms with Crippen molar-refractivity contribution in [2.45, 2.75) is 53.5 Å². The monoisotopic (exact) mass is 293 g/mol. The molecule has 0 saturated heterocycles. The Labute approximate surface area is 117 Å². The molecule has 0 radical (unpaired) electrons. The Hall–Kier alpha value is -0.620. The van der Waals surface area contributed by atoms with Crippen LogP contribution in [0.15, 0.2) is 0 Å². The summed E-state index contributed by atoms with van der Waals surface area (Å²) < 4.78 is 31.0. The Bertz CT molecular complexity index is 382. The van der Waals surface area contributed by atoms with Crippen LogP contribution >= 0.6 is 0 Å². The van der Waals surface area contributed by atoms with E-state index in [0.29, 0.717) is 12.8 Å². The van der Waals surface area contributed by atoms with Crippen LogP contribution < -0.4 is 4.72 Å². The fourth-order valence-corrected chi connectivity index (χ4v) is 3.15. The summed E-state index contributed by atoms with van der Waals surface area (Å²) in [6.45, 7) is 9.80. The molecule has 0 aromatic carbocycles.